The molecule has 2 N–H and O–H groups in total. The van der Waals surface area contributed by atoms with Gasteiger partial charge >= 0.3 is 0 Å². The molecule has 0 aliphatic heterocycles. The molecule has 0 aromatic heterocycles. The van der Waals surface area contributed by atoms with Crippen LogP contribution in [0, 0.1) is 13.8 Å². The van der Waals surface area contributed by atoms with Gasteiger partial charge in [0.25, 0.3) is 5.91 Å². The number of hydrogen-bond acceptors (Lipinski definition) is 4. The minimum absolute atomic E-state index is 0.110. The topological polar surface area (TPSA) is 59.6 Å². The second kappa shape index (κ2) is 10.9. The van der Waals surface area contributed by atoms with Gasteiger partial charge in [-0.3, -0.25) is 4.79 Å². The Kier molecular flexibility index (Phi) is 7.95. The van der Waals surface area contributed by atoms with Crippen molar-refractivity contribution in [1.82, 2.24) is 0 Å². The zero-order valence-corrected chi connectivity index (χ0v) is 19.6. The van der Waals surface area contributed by atoms with Gasteiger partial charge in [0.1, 0.15) is 0 Å². The third kappa shape index (κ3) is 6.76. The summed E-state index contributed by atoms with van der Waals surface area (Å²) < 4.78 is 12.4. The summed E-state index contributed by atoms with van der Waals surface area (Å²) in [6.07, 6.45) is 0. The lowest BCUT2D eigenvalue weighted by molar-refractivity contribution is -0.118. The predicted molar refractivity (Wildman–Crippen MR) is 129 cm³/mol. The lowest BCUT2D eigenvalue weighted by Gasteiger charge is -2.16. The van der Waals surface area contributed by atoms with Crippen molar-refractivity contribution in [2.45, 2.75) is 27.3 Å². The minimum Gasteiger partial charge on any atom is -0.490 e. The fourth-order valence-electron chi connectivity index (χ4n) is 2.94. The Balaban J connectivity index is 1.65. The Morgan fingerprint density at radius 1 is 0.871 bits per heavy atom. The summed E-state index contributed by atoms with van der Waals surface area (Å²) in [7, 11) is 0. The molecular formula is C25H27BrN2O3. The van der Waals surface area contributed by atoms with E-state index in [0.29, 0.717) is 24.7 Å². The van der Waals surface area contributed by atoms with Gasteiger partial charge < -0.3 is 20.1 Å². The van der Waals surface area contributed by atoms with Gasteiger partial charge in [-0.15, -0.1) is 0 Å². The van der Waals surface area contributed by atoms with Crippen LogP contribution in [0.3, 0.4) is 0 Å². The summed E-state index contributed by atoms with van der Waals surface area (Å²) in [4.78, 5) is 12.3. The van der Waals surface area contributed by atoms with Crippen molar-refractivity contribution in [3.63, 3.8) is 0 Å². The van der Waals surface area contributed by atoms with Gasteiger partial charge in [0.2, 0.25) is 0 Å². The van der Waals surface area contributed by atoms with Gasteiger partial charge in [-0.05, 0) is 62.7 Å². The number of benzene rings is 3. The maximum absolute atomic E-state index is 12.3. The van der Waals surface area contributed by atoms with E-state index in [4.69, 9.17) is 9.47 Å². The first kappa shape index (κ1) is 22.7. The number of anilines is 2. The van der Waals surface area contributed by atoms with Crippen LogP contribution < -0.4 is 20.1 Å². The van der Waals surface area contributed by atoms with Crippen molar-refractivity contribution < 1.29 is 14.3 Å². The molecule has 0 unspecified atom stereocenters. The van der Waals surface area contributed by atoms with Crippen molar-refractivity contribution in [2.75, 3.05) is 23.8 Å². The second-order valence-corrected chi connectivity index (χ2v) is 8.10. The van der Waals surface area contributed by atoms with E-state index in [-0.39, 0.29) is 12.5 Å². The summed E-state index contributed by atoms with van der Waals surface area (Å²) in [5, 5.41) is 6.24. The van der Waals surface area contributed by atoms with Crippen LogP contribution in [0.2, 0.25) is 0 Å². The molecule has 5 nitrogen and oxygen atoms in total. The minimum atomic E-state index is -0.229. The van der Waals surface area contributed by atoms with Crippen LogP contribution in [0.4, 0.5) is 11.4 Å². The van der Waals surface area contributed by atoms with E-state index < -0.39 is 0 Å². The molecule has 0 bridgehead atoms. The van der Waals surface area contributed by atoms with Crippen molar-refractivity contribution in [3.8, 4) is 11.5 Å². The molecule has 0 saturated carbocycles. The van der Waals surface area contributed by atoms with E-state index >= 15 is 0 Å². The fraction of sp³-hybridized carbons (Fsp3) is 0.240. The lowest BCUT2D eigenvalue weighted by atomic mass is 10.2. The van der Waals surface area contributed by atoms with Crippen LogP contribution in [0.25, 0.3) is 0 Å². The molecule has 31 heavy (non-hydrogen) atoms. The van der Waals surface area contributed by atoms with Crippen molar-refractivity contribution >= 4 is 33.2 Å². The summed E-state index contributed by atoms with van der Waals surface area (Å²) in [5.74, 6) is 0.897. The van der Waals surface area contributed by atoms with Crippen molar-refractivity contribution in [3.05, 3.63) is 81.8 Å². The number of carbonyl (C=O) groups excluding carboxylic acids is 1. The predicted octanol–water partition coefficient (Wildman–Crippen LogP) is 6.09. The SMILES string of the molecule is CCOc1cc(CNc2ccc(C)cc2)c(Br)cc1OCC(=O)Nc1ccc(C)cc1. The first-order valence-electron chi connectivity index (χ1n) is 10.2. The van der Waals surface area contributed by atoms with E-state index in [2.05, 4.69) is 57.8 Å². The monoisotopic (exact) mass is 482 g/mol. The second-order valence-electron chi connectivity index (χ2n) is 7.25. The number of ether oxygens (including phenoxy) is 2. The maximum atomic E-state index is 12.3. The van der Waals surface area contributed by atoms with Crippen molar-refractivity contribution in [2.24, 2.45) is 0 Å². The highest BCUT2D eigenvalue weighted by atomic mass is 79.9. The molecule has 0 heterocycles. The van der Waals surface area contributed by atoms with E-state index in [1.165, 1.54) is 5.56 Å². The van der Waals surface area contributed by atoms with Crippen LogP contribution in [0.15, 0.2) is 65.1 Å². The highest BCUT2D eigenvalue weighted by Crippen LogP contribution is 2.34. The van der Waals surface area contributed by atoms with Gasteiger partial charge in [0.05, 0.1) is 6.61 Å². The summed E-state index contributed by atoms with van der Waals surface area (Å²) in [6, 6.07) is 19.7. The number of rotatable bonds is 9. The average molecular weight is 483 g/mol. The Labute approximate surface area is 191 Å². The number of amides is 1. The van der Waals surface area contributed by atoms with Crippen LogP contribution in [0.1, 0.15) is 23.6 Å². The average Bonchev–Trinajstić information content (AvgIpc) is 2.75. The Bertz CT molecular complexity index is 1020. The van der Waals surface area contributed by atoms with E-state index in [1.807, 2.05) is 50.2 Å². The molecule has 0 aliphatic rings. The molecule has 0 spiro atoms. The van der Waals surface area contributed by atoms with Gasteiger partial charge in [0, 0.05) is 22.4 Å². The number of halogens is 1. The molecule has 3 aromatic carbocycles. The maximum Gasteiger partial charge on any atom is 0.262 e. The summed E-state index contributed by atoms with van der Waals surface area (Å²) in [5.41, 5.74) is 5.17. The fourth-order valence-corrected chi connectivity index (χ4v) is 3.40. The van der Waals surface area contributed by atoms with Gasteiger partial charge in [0.15, 0.2) is 18.1 Å². The zero-order chi connectivity index (χ0) is 22.2. The molecule has 162 valence electrons. The van der Waals surface area contributed by atoms with Crippen LogP contribution in [-0.2, 0) is 11.3 Å². The third-order valence-electron chi connectivity index (χ3n) is 4.64. The molecule has 3 aromatic rings. The van der Waals surface area contributed by atoms with Gasteiger partial charge in [-0.1, -0.05) is 51.3 Å². The van der Waals surface area contributed by atoms with Gasteiger partial charge in [-0.2, -0.15) is 0 Å². The molecular weight excluding hydrogens is 456 g/mol. The van der Waals surface area contributed by atoms with E-state index in [1.54, 1.807) is 0 Å². The standard InChI is InChI=1S/C25H27BrN2O3/c1-4-30-23-13-19(15-27-20-9-5-17(2)6-10-20)22(26)14-24(23)31-16-25(29)28-21-11-7-18(3)8-12-21/h5-14,27H,4,15-16H2,1-3H3,(H,28,29). The Morgan fingerprint density at radius 3 is 2.06 bits per heavy atom. The smallest absolute Gasteiger partial charge is 0.262 e. The lowest BCUT2D eigenvalue weighted by Crippen LogP contribution is -2.20. The number of hydrogen-bond donors (Lipinski definition) is 2. The third-order valence-corrected chi connectivity index (χ3v) is 5.38. The van der Waals surface area contributed by atoms with Crippen LogP contribution >= 0.6 is 15.9 Å². The molecule has 0 atom stereocenters. The molecule has 0 saturated heterocycles. The van der Waals surface area contributed by atoms with Gasteiger partial charge in [-0.25, -0.2) is 0 Å². The highest BCUT2D eigenvalue weighted by Gasteiger charge is 2.13. The molecule has 0 fully saturated rings. The molecule has 0 aliphatic carbocycles. The first-order chi connectivity index (χ1) is 14.9. The molecule has 3 rings (SSSR count). The Morgan fingerprint density at radius 2 is 1.45 bits per heavy atom. The number of aryl methyl sites for hydroxylation is 2. The first-order valence-corrected chi connectivity index (χ1v) is 11.0. The zero-order valence-electron chi connectivity index (χ0n) is 18.0. The quantitative estimate of drug-likeness (QED) is 0.387. The number of carbonyl (C=O) groups is 1. The Hall–Kier alpha value is -2.99. The summed E-state index contributed by atoms with van der Waals surface area (Å²) in [6.45, 7) is 6.99. The largest absolute Gasteiger partial charge is 0.490 e. The molecule has 1 amide bonds. The molecule has 0 radical (unpaired) electrons. The number of nitrogens with one attached hydrogen (secondary N) is 2. The highest BCUT2D eigenvalue weighted by molar-refractivity contribution is 9.10. The van der Waals surface area contributed by atoms with E-state index in [9.17, 15) is 4.79 Å². The normalized spacial score (nSPS) is 10.5. The van der Waals surface area contributed by atoms with Crippen LogP contribution in [0.5, 0.6) is 11.5 Å². The molecule has 6 heteroatoms. The van der Waals surface area contributed by atoms with Crippen molar-refractivity contribution in [1.29, 1.82) is 0 Å². The summed E-state index contributed by atoms with van der Waals surface area (Å²) >= 11 is 3.61. The van der Waals surface area contributed by atoms with Crippen LogP contribution in [-0.4, -0.2) is 19.1 Å². The van der Waals surface area contributed by atoms with E-state index in [0.717, 1.165) is 27.0 Å².